The highest BCUT2D eigenvalue weighted by atomic mass is 16.2. The number of likely N-dealkylation sites (tertiary alicyclic amines) is 1. The van der Waals surface area contributed by atoms with Gasteiger partial charge in [0.2, 0.25) is 11.8 Å². The molecule has 1 aromatic rings. The van der Waals surface area contributed by atoms with Crippen LogP contribution in [-0.2, 0) is 9.59 Å². The van der Waals surface area contributed by atoms with Crippen molar-refractivity contribution in [2.45, 2.75) is 25.3 Å². The minimum atomic E-state index is -0.299. The molecule has 1 heterocycles. The smallest absolute Gasteiger partial charge is 0.242 e. The Morgan fingerprint density at radius 3 is 2.71 bits per heavy atom. The molecular formula is C15H22N4O2. The van der Waals surface area contributed by atoms with Crippen LogP contribution in [0.2, 0.25) is 0 Å². The van der Waals surface area contributed by atoms with Crippen molar-refractivity contribution in [3.05, 3.63) is 35.9 Å². The van der Waals surface area contributed by atoms with Gasteiger partial charge in [-0.2, -0.15) is 0 Å². The van der Waals surface area contributed by atoms with E-state index in [9.17, 15) is 9.59 Å². The highest BCUT2D eigenvalue weighted by Gasteiger charge is 2.28. The van der Waals surface area contributed by atoms with Crippen molar-refractivity contribution in [1.82, 2.24) is 15.6 Å². The van der Waals surface area contributed by atoms with Gasteiger partial charge in [-0.1, -0.05) is 30.3 Å². The highest BCUT2D eigenvalue weighted by Crippen LogP contribution is 2.20. The van der Waals surface area contributed by atoms with Crippen LogP contribution in [0.5, 0.6) is 0 Å². The van der Waals surface area contributed by atoms with E-state index in [2.05, 4.69) is 15.6 Å². The summed E-state index contributed by atoms with van der Waals surface area (Å²) in [5.74, 6) is 4.80. The summed E-state index contributed by atoms with van der Waals surface area (Å²) in [6.45, 7) is 3.76. The topological polar surface area (TPSA) is 87.5 Å². The molecule has 0 spiro atoms. The number of rotatable bonds is 5. The zero-order chi connectivity index (χ0) is 15.2. The number of hydrogen-bond donors (Lipinski definition) is 3. The Bertz CT molecular complexity index is 492. The van der Waals surface area contributed by atoms with Crippen molar-refractivity contribution in [3.8, 4) is 0 Å². The fraction of sp³-hybridized carbons (Fsp3) is 0.467. The number of hydrazine groups is 1. The van der Waals surface area contributed by atoms with Crippen LogP contribution >= 0.6 is 0 Å². The van der Waals surface area contributed by atoms with Gasteiger partial charge in [0.1, 0.15) is 0 Å². The summed E-state index contributed by atoms with van der Waals surface area (Å²) in [6, 6.07) is 9.78. The maximum Gasteiger partial charge on any atom is 0.242 e. The molecule has 114 valence electrons. The van der Waals surface area contributed by atoms with Crippen molar-refractivity contribution in [3.63, 3.8) is 0 Å². The van der Waals surface area contributed by atoms with Gasteiger partial charge in [0.25, 0.3) is 0 Å². The number of carbonyl (C=O) groups excluding carboxylic acids is 2. The average Bonchev–Trinajstić information content (AvgIpc) is 2.91. The molecule has 1 aliphatic rings. The van der Waals surface area contributed by atoms with E-state index in [1.165, 1.54) is 6.92 Å². The predicted molar refractivity (Wildman–Crippen MR) is 80.2 cm³/mol. The first-order valence-electron chi connectivity index (χ1n) is 7.15. The molecule has 1 fully saturated rings. The van der Waals surface area contributed by atoms with Crippen molar-refractivity contribution < 1.29 is 9.59 Å². The Morgan fingerprint density at radius 1 is 1.38 bits per heavy atom. The van der Waals surface area contributed by atoms with Gasteiger partial charge in [-0.05, 0) is 12.0 Å². The van der Waals surface area contributed by atoms with E-state index in [4.69, 9.17) is 5.84 Å². The van der Waals surface area contributed by atoms with Crippen LogP contribution in [0.4, 0.5) is 0 Å². The van der Waals surface area contributed by atoms with Gasteiger partial charge in [-0.25, -0.2) is 5.84 Å². The summed E-state index contributed by atoms with van der Waals surface area (Å²) >= 11 is 0. The number of nitrogens with one attached hydrogen (secondary N) is 2. The Labute approximate surface area is 124 Å². The van der Waals surface area contributed by atoms with Crippen LogP contribution in [0.1, 0.15) is 24.8 Å². The van der Waals surface area contributed by atoms with Crippen LogP contribution in [0, 0.1) is 0 Å². The normalized spacial score (nSPS) is 20.0. The second-order valence-corrected chi connectivity index (χ2v) is 5.42. The molecule has 6 heteroatoms. The maximum absolute atomic E-state index is 12.0. The Balaban J connectivity index is 2.00. The fourth-order valence-electron chi connectivity index (χ4n) is 2.79. The van der Waals surface area contributed by atoms with Crippen molar-refractivity contribution in [2.24, 2.45) is 5.84 Å². The molecule has 0 bridgehead atoms. The first-order chi connectivity index (χ1) is 10.1. The largest absolute Gasteiger partial charge is 0.352 e. The van der Waals surface area contributed by atoms with Crippen LogP contribution in [0.3, 0.4) is 0 Å². The van der Waals surface area contributed by atoms with E-state index in [0.29, 0.717) is 6.54 Å². The van der Waals surface area contributed by atoms with Gasteiger partial charge < -0.3 is 10.2 Å². The number of hydrogen-bond acceptors (Lipinski definition) is 4. The lowest BCUT2D eigenvalue weighted by atomic mass is 9.98. The molecule has 1 aliphatic heterocycles. The van der Waals surface area contributed by atoms with E-state index in [0.717, 1.165) is 25.1 Å². The van der Waals surface area contributed by atoms with Crippen molar-refractivity contribution in [2.75, 3.05) is 19.6 Å². The van der Waals surface area contributed by atoms with Crippen LogP contribution in [0.15, 0.2) is 30.3 Å². The van der Waals surface area contributed by atoms with E-state index in [-0.39, 0.29) is 23.8 Å². The third-order valence-corrected chi connectivity index (χ3v) is 3.78. The highest BCUT2D eigenvalue weighted by molar-refractivity contribution is 5.83. The molecule has 0 aromatic heterocycles. The Kier molecular flexibility index (Phi) is 5.30. The molecule has 2 atom stereocenters. The minimum absolute atomic E-state index is 0.0128. The summed E-state index contributed by atoms with van der Waals surface area (Å²) < 4.78 is 0. The first kappa shape index (κ1) is 15.5. The molecule has 2 unspecified atom stereocenters. The zero-order valence-corrected chi connectivity index (χ0v) is 12.2. The summed E-state index contributed by atoms with van der Waals surface area (Å²) in [5.41, 5.74) is 3.19. The molecule has 1 saturated heterocycles. The molecule has 0 aliphatic carbocycles. The average molecular weight is 290 g/mol. The molecule has 2 amide bonds. The minimum Gasteiger partial charge on any atom is -0.352 e. The number of benzene rings is 1. The summed E-state index contributed by atoms with van der Waals surface area (Å²) in [4.78, 5) is 25.3. The standard InChI is InChI=1S/C15H22N4O2/c1-11(20)17-13-7-8-19(9-13)10-14(15(21)18-16)12-5-3-2-4-6-12/h2-6,13-14H,7-10,16H2,1H3,(H,17,20)(H,18,21). The lowest BCUT2D eigenvalue weighted by Crippen LogP contribution is -2.41. The number of amides is 2. The summed E-state index contributed by atoms with van der Waals surface area (Å²) in [5, 5.41) is 2.92. The third kappa shape index (κ3) is 4.27. The van der Waals surface area contributed by atoms with Gasteiger partial charge in [0.05, 0.1) is 5.92 Å². The van der Waals surface area contributed by atoms with Gasteiger partial charge in [0, 0.05) is 32.6 Å². The molecule has 0 saturated carbocycles. The van der Waals surface area contributed by atoms with Gasteiger partial charge in [-0.15, -0.1) is 0 Å². The van der Waals surface area contributed by atoms with E-state index >= 15 is 0 Å². The molecular weight excluding hydrogens is 268 g/mol. The van der Waals surface area contributed by atoms with E-state index in [1.54, 1.807) is 0 Å². The van der Waals surface area contributed by atoms with Gasteiger partial charge >= 0.3 is 0 Å². The molecule has 21 heavy (non-hydrogen) atoms. The van der Waals surface area contributed by atoms with Crippen LogP contribution in [0.25, 0.3) is 0 Å². The second-order valence-electron chi connectivity index (χ2n) is 5.42. The predicted octanol–water partition coefficient (Wildman–Crippen LogP) is -0.0295. The van der Waals surface area contributed by atoms with Crippen LogP contribution < -0.4 is 16.6 Å². The summed E-state index contributed by atoms with van der Waals surface area (Å²) in [6.07, 6.45) is 0.908. The number of nitrogens with two attached hydrogens (primary N) is 1. The van der Waals surface area contributed by atoms with Gasteiger partial charge in [0.15, 0.2) is 0 Å². The first-order valence-corrected chi connectivity index (χ1v) is 7.15. The lowest BCUT2D eigenvalue weighted by molar-refractivity contribution is -0.123. The maximum atomic E-state index is 12.0. The lowest BCUT2D eigenvalue weighted by Gasteiger charge is -2.23. The van der Waals surface area contributed by atoms with Crippen LogP contribution in [-0.4, -0.2) is 42.4 Å². The Hall–Kier alpha value is -1.92. The van der Waals surface area contributed by atoms with E-state index < -0.39 is 0 Å². The third-order valence-electron chi connectivity index (χ3n) is 3.78. The molecule has 4 N–H and O–H groups in total. The number of carbonyl (C=O) groups is 2. The quantitative estimate of drug-likeness (QED) is 0.404. The number of nitrogens with zero attached hydrogens (tertiary/aromatic N) is 1. The molecule has 6 nitrogen and oxygen atoms in total. The van der Waals surface area contributed by atoms with Crippen molar-refractivity contribution in [1.29, 1.82) is 0 Å². The second kappa shape index (κ2) is 7.19. The van der Waals surface area contributed by atoms with E-state index in [1.807, 2.05) is 30.3 Å². The molecule has 0 radical (unpaired) electrons. The molecule has 1 aromatic carbocycles. The molecule has 2 rings (SSSR count). The van der Waals surface area contributed by atoms with Crippen molar-refractivity contribution >= 4 is 11.8 Å². The fourth-order valence-corrected chi connectivity index (χ4v) is 2.79. The summed E-state index contributed by atoms with van der Waals surface area (Å²) in [7, 11) is 0. The monoisotopic (exact) mass is 290 g/mol. The SMILES string of the molecule is CC(=O)NC1CCN(CC(C(=O)NN)c2ccccc2)C1. The zero-order valence-electron chi connectivity index (χ0n) is 12.2. The Morgan fingerprint density at radius 2 is 2.10 bits per heavy atom. The van der Waals surface area contributed by atoms with Gasteiger partial charge in [-0.3, -0.25) is 15.0 Å².